The van der Waals surface area contributed by atoms with E-state index in [0.717, 1.165) is 29.7 Å². The molecule has 0 saturated carbocycles. The SMILES string of the molecule is CCNC(Cc1cc(C)nn1CC)c1ccccc1Br. The van der Waals surface area contributed by atoms with Gasteiger partial charge in [0.05, 0.1) is 5.69 Å². The van der Waals surface area contributed by atoms with Gasteiger partial charge in [0.15, 0.2) is 0 Å². The average Bonchev–Trinajstić information content (AvgIpc) is 2.79. The van der Waals surface area contributed by atoms with Crippen molar-refractivity contribution in [2.24, 2.45) is 0 Å². The standard InChI is InChI=1S/C16H22BrN3/c1-4-18-16(14-8-6-7-9-15(14)17)11-13-10-12(3)19-20(13)5-2/h6-10,16,18H,4-5,11H2,1-3H3. The molecular weight excluding hydrogens is 314 g/mol. The molecule has 0 aliphatic heterocycles. The summed E-state index contributed by atoms with van der Waals surface area (Å²) in [5, 5.41) is 8.11. The van der Waals surface area contributed by atoms with Crippen molar-refractivity contribution < 1.29 is 0 Å². The summed E-state index contributed by atoms with van der Waals surface area (Å²) in [7, 11) is 0. The van der Waals surface area contributed by atoms with Crippen molar-refractivity contribution in [1.29, 1.82) is 0 Å². The third-order valence-electron chi connectivity index (χ3n) is 3.43. The van der Waals surface area contributed by atoms with Gasteiger partial charge >= 0.3 is 0 Å². The van der Waals surface area contributed by atoms with Crippen LogP contribution < -0.4 is 5.32 Å². The van der Waals surface area contributed by atoms with Crippen molar-refractivity contribution in [3.63, 3.8) is 0 Å². The summed E-state index contributed by atoms with van der Waals surface area (Å²) >= 11 is 3.66. The lowest BCUT2D eigenvalue weighted by Crippen LogP contribution is -2.24. The van der Waals surface area contributed by atoms with Gasteiger partial charge in [0.1, 0.15) is 0 Å². The third kappa shape index (κ3) is 3.49. The second-order valence-electron chi connectivity index (χ2n) is 4.93. The van der Waals surface area contributed by atoms with Gasteiger partial charge in [0.2, 0.25) is 0 Å². The lowest BCUT2D eigenvalue weighted by atomic mass is 10.0. The summed E-state index contributed by atoms with van der Waals surface area (Å²) in [5.41, 5.74) is 3.67. The van der Waals surface area contributed by atoms with Crippen molar-refractivity contribution in [1.82, 2.24) is 15.1 Å². The molecule has 0 aliphatic rings. The summed E-state index contributed by atoms with van der Waals surface area (Å²) in [6, 6.07) is 10.9. The first-order valence-electron chi connectivity index (χ1n) is 7.16. The molecule has 4 heteroatoms. The van der Waals surface area contributed by atoms with Crippen molar-refractivity contribution >= 4 is 15.9 Å². The second-order valence-corrected chi connectivity index (χ2v) is 5.78. The van der Waals surface area contributed by atoms with E-state index in [0.29, 0.717) is 6.04 Å². The highest BCUT2D eigenvalue weighted by Gasteiger charge is 2.16. The molecule has 1 aromatic carbocycles. The highest BCUT2D eigenvalue weighted by Crippen LogP contribution is 2.26. The Hall–Kier alpha value is -1.13. The van der Waals surface area contributed by atoms with Crippen LogP contribution in [0.25, 0.3) is 0 Å². The van der Waals surface area contributed by atoms with E-state index >= 15 is 0 Å². The largest absolute Gasteiger partial charge is 0.310 e. The van der Waals surface area contributed by atoms with Crippen molar-refractivity contribution in [2.45, 2.75) is 39.8 Å². The summed E-state index contributed by atoms with van der Waals surface area (Å²) in [5.74, 6) is 0. The van der Waals surface area contributed by atoms with Crippen LogP contribution in [0.3, 0.4) is 0 Å². The molecule has 0 radical (unpaired) electrons. The van der Waals surface area contributed by atoms with Crippen molar-refractivity contribution in [3.05, 3.63) is 51.8 Å². The Labute approximate surface area is 129 Å². The number of aromatic nitrogens is 2. The van der Waals surface area contributed by atoms with Gasteiger partial charge in [-0.15, -0.1) is 0 Å². The van der Waals surface area contributed by atoms with E-state index in [2.05, 4.69) is 82.1 Å². The number of benzene rings is 1. The Morgan fingerprint density at radius 2 is 2.05 bits per heavy atom. The Morgan fingerprint density at radius 1 is 1.30 bits per heavy atom. The Bertz CT molecular complexity index is 563. The Morgan fingerprint density at radius 3 is 2.70 bits per heavy atom. The lowest BCUT2D eigenvalue weighted by Gasteiger charge is -2.20. The van der Waals surface area contributed by atoms with E-state index in [1.165, 1.54) is 11.3 Å². The quantitative estimate of drug-likeness (QED) is 0.868. The Kier molecular flexibility index (Phi) is 5.38. The first kappa shape index (κ1) is 15.3. The molecule has 2 aromatic rings. The molecule has 1 atom stereocenters. The van der Waals surface area contributed by atoms with Crippen LogP contribution in [0.4, 0.5) is 0 Å². The monoisotopic (exact) mass is 335 g/mol. The number of aryl methyl sites for hydroxylation is 2. The van der Waals surface area contributed by atoms with E-state index in [-0.39, 0.29) is 0 Å². The molecule has 0 aliphatic carbocycles. The molecular formula is C16H22BrN3. The molecule has 0 amide bonds. The summed E-state index contributed by atoms with van der Waals surface area (Å²) in [6.07, 6.45) is 0.950. The molecule has 20 heavy (non-hydrogen) atoms. The van der Waals surface area contributed by atoms with Gasteiger partial charge in [-0.2, -0.15) is 5.10 Å². The summed E-state index contributed by atoms with van der Waals surface area (Å²) < 4.78 is 3.25. The molecule has 0 saturated heterocycles. The smallest absolute Gasteiger partial charge is 0.0596 e. The van der Waals surface area contributed by atoms with E-state index < -0.39 is 0 Å². The molecule has 1 heterocycles. The fourth-order valence-electron chi connectivity index (χ4n) is 2.54. The number of hydrogen-bond donors (Lipinski definition) is 1. The van der Waals surface area contributed by atoms with Crippen LogP contribution in [0.5, 0.6) is 0 Å². The molecule has 3 nitrogen and oxygen atoms in total. The zero-order chi connectivity index (χ0) is 14.5. The highest BCUT2D eigenvalue weighted by molar-refractivity contribution is 9.10. The minimum Gasteiger partial charge on any atom is -0.310 e. The van der Waals surface area contributed by atoms with Gasteiger partial charge in [-0.1, -0.05) is 41.1 Å². The van der Waals surface area contributed by atoms with Crippen molar-refractivity contribution in [3.8, 4) is 0 Å². The fraction of sp³-hybridized carbons (Fsp3) is 0.438. The topological polar surface area (TPSA) is 29.9 Å². The predicted octanol–water partition coefficient (Wildman–Crippen LogP) is 3.87. The van der Waals surface area contributed by atoms with Crippen LogP contribution >= 0.6 is 15.9 Å². The molecule has 0 spiro atoms. The maximum atomic E-state index is 4.54. The number of nitrogens with zero attached hydrogens (tertiary/aromatic N) is 2. The number of hydrogen-bond acceptors (Lipinski definition) is 2. The van der Waals surface area contributed by atoms with E-state index in [1.807, 2.05) is 0 Å². The van der Waals surface area contributed by atoms with E-state index in [4.69, 9.17) is 0 Å². The average molecular weight is 336 g/mol. The number of nitrogens with one attached hydrogen (secondary N) is 1. The zero-order valence-corrected chi connectivity index (χ0v) is 13.9. The minimum absolute atomic E-state index is 0.303. The van der Waals surface area contributed by atoms with Crippen LogP contribution in [0.2, 0.25) is 0 Å². The molecule has 2 rings (SSSR count). The molecule has 0 bridgehead atoms. The molecule has 0 fully saturated rings. The number of likely N-dealkylation sites (N-methyl/N-ethyl adjacent to an activating group) is 1. The van der Waals surface area contributed by atoms with Crippen LogP contribution in [-0.2, 0) is 13.0 Å². The van der Waals surface area contributed by atoms with Gasteiger partial charge in [0.25, 0.3) is 0 Å². The van der Waals surface area contributed by atoms with Gasteiger partial charge < -0.3 is 5.32 Å². The lowest BCUT2D eigenvalue weighted by molar-refractivity contribution is 0.515. The fourth-order valence-corrected chi connectivity index (χ4v) is 3.10. The molecule has 1 aromatic heterocycles. The van der Waals surface area contributed by atoms with Crippen LogP contribution in [0.15, 0.2) is 34.8 Å². The minimum atomic E-state index is 0.303. The number of halogens is 1. The van der Waals surface area contributed by atoms with Gasteiger partial charge in [-0.3, -0.25) is 4.68 Å². The first-order valence-corrected chi connectivity index (χ1v) is 7.96. The predicted molar refractivity (Wildman–Crippen MR) is 86.9 cm³/mol. The van der Waals surface area contributed by atoms with Crippen LogP contribution in [0, 0.1) is 6.92 Å². The molecule has 108 valence electrons. The third-order valence-corrected chi connectivity index (χ3v) is 4.15. The zero-order valence-electron chi connectivity index (χ0n) is 12.4. The second kappa shape index (κ2) is 7.04. The van der Waals surface area contributed by atoms with Crippen LogP contribution in [-0.4, -0.2) is 16.3 Å². The maximum absolute atomic E-state index is 4.54. The summed E-state index contributed by atoms with van der Waals surface area (Å²) in [4.78, 5) is 0. The summed E-state index contributed by atoms with van der Waals surface area (Å²) in [6.45, 7) is 8.20. The van der Waals surface area contributed by atoms with Crippen LogP contribution in [0.1, 0.15) is 36.8 Å². The van der Waals surface area contributed by atoms with E-state index in [9.17, 15) is 0 Å². The van der Waals surface area contributed by atoms with Gasteiger partial charge in [0, 0.05) is 29.2 Å². The van der Waals surface area contributed by atoms with E-state index in [1.54, 1.807) is 0 Å². The first-order chi connectivity index (χ1) is 9.65. The maximum Gasteiger partial charge on any atom is 0.0596 e. The highest BCUT2D eigenvalue weighted by atomic mass is 79.9. The van der Waals surface area contributed by atoms with Crippen molar-refractivity contribution in [2.75, 3.05) is 6.54 Å². The Balaban J connectivity index is 2.28. The normalized spacial score (nSPS) is 12.6. The van der Waals surface area contributed by atoms with Gasteiger partial charge in [-0.25, -0.2) is 0 Å². The number of rotatable bonds is 6. The van der Waals surface area contributed by atoms with Gasteiger partial charge in [-0.05, 0) is 38.1 Å². The molecule has 1 N–H and O–H groups in total. The molecule has 1 unspecified atom stereocenters.